The van der Waals surface area contributed by atoms with Crippen LogP contribution in [-0.2, 0) is 17.9 Å². The van der Waals surface area contributed by atoms with Gasteiger partial charge in [-0.2, -0.15) is 0 Å². The number of carbonyl (C=O) groups is 3. The fourth-order valence-electron chi connectivity index (χ4n) is 3.87. The molecule has 3 rings (SSSR count). The van der Waals surface area contributed by atoms with Crippen molar-refractivity contribution < 1.29 is 47.8 Å². The van der Waals surface area contributed by atoms with Crippen LogP contribution in [0.1, 0.15) is 61.8 Å². The molecule has 10 nitrogen and oxygen atoms in total. The number of amides is 1. The van der Waals surface area contributed by atoms with E-state index < -0.39 is 23.9 Å². The Morgan fingerprint density at radius 3 is 2.37 bits per heavy atom. The number of aromatic carboxylic acids is 1. The van der Waals surface area contributed by atoms with Crippen molar-refractivity contribution in [3.05, 3.63) is 92.8 Å². The quantitative estimate of drug-likeness (QED) is 0.333. The first-order valence-corrected chi connectivity index (χ1v) is 11.3. The zero-order chi connectivity index (χ0) is 27.3. The standard InChI is InChI=1S/C26H28FN5O5.Li/c1-14-9-18(5-6-20(14)25(36)37)16(3)32(13-23(33)34)12-19-10-22(31-26(28)30-19)24(35)29-11-17-4-7-21(27)15(2)8-17;/h4-10,16H,11-13H2,1-3H3,(H5,28,29,30,31,33,34,35,36,37);/q;+1/p-1/t16-;/m0./s1. The van der Waals surface area contributed by atoms with Crippen LogP contribution in [-0.4, -0.2) is 49.5 Å². The van der Waals surface area contributed by atoms with Crippen molar-refractivity contribution >= 4 is 23.8 Å². The molecule has 0 fully saturated rings. The Kier molecular flexibility index (Phi) is 10.5. The molecule has 0 unspecified atom stereocenters. The zero-order valence-corrected chi connectivity index (χ0v) is 21.6. The number of benzene rings is 2. The number of carbonyl (C=O) groups excluding carboxylic acids is 1. The van der Waals surface area contributed by atoms with Crippen molar-refractivity contribution in [3.8, 4) is 0 Å². The Balaban J connectivity index is 0.00000507. The Morgan fingerprint density at radius 2 is 1.76 bits per heavy atom. The summed E-state index contributed by atoms with van der Waals surface area (Å²) >= 11 is 0. The molecule has 2 aromatic carbocycles. The molecule has 0 aliphatic heterocycles. The summed E-state index contributed by atoms with van der Waals surface area (Å²) in [5.74, 6) is -3.29. The number of nitrogens with zero attached hydrogens (tertiary/aromatic N) is 4. The third-order valence-electron chi connectivity index (χ3n) is 5.86. The van der Waals surface area contributed by atoms with Crippen molar-refractivity contribution in [1.82, 2.24) is 14.9 Å². The molecule has 194 valence electrons. The van der Waals surface area contributed by atoms with Gasteiger partial charge in [0, 0.05) is 12.6 Å². The number of nitrogens with two attached hydrogens (primary N) is 1. The third-order valence-corrected chi connectivity index (χ3v) is 5.86. The van der Waals surface area contributed by atoms with E-state index in [4.69, 9.17) is 5.73 Å². The summed E-state index contributed by atoms with van der Waals surface area (Å²) in [6, 6.07) is 10.2. The third kappa shape index (κ3) is 7.86. The molecular formula is C26H27FLiN5O5. The average Bonchev–Trinajstić information content (AvgIpc) is 2.82. The fraction of sp³-hybridized carbons (Fsp3) is 0.269. The number of halogens is 1. The van der Waals surface area contributed by atoms with E-state index in [-0.39, 0.29) is 61.5 Å². The predicted octanol–water partition coefficient (Wildman–Crippen LogP) is 0.879. The molecule has 0 saturated carbocycles. The molecule has 0 saturated heterocycles. The van der Waals surface area contributed by atoms with Crippen molar-refractivity contribution in [1.29, 1.82) is 0 Å². The summed E-state index contributed by atoms with van der Waals surface area (Å²) in [5, 5.41) is 22.7. The van der Waals surface area contributed by atoms with Gasteiger partial charge in [-0.25, -0.2) is 19.2 Å². The predicted molar refractivity (Wildman–Crippen MR) is 134 cm³/mol. The van der Waals surface area contributed by atoms with Gasteiger partial charge < -0.3 is 26.1 Å². The Bertz CT molecular complexity index is 1350. The second-order valence-corrected chi connectivity index (χ2v) is 8.66. The topological polar surface area (TPSA) is 161 Å². The molecule has 0 bridgehead atoms. The van der Waals surface area contributed by atoms with Gasteiger partial charge in [-0.1, -0.05) is 29.8 Å². The maximum Gasteiger partial charge on any atom is 1.00 e. The minimum atomic E-state index is -1.08. The number of hydrogen-bond acceptors (Lipinski definition) is 7. The summed E-state index contributed by atoms with van der Waals surface area (Å²) in [6.07, 6.45) is 0. The minimum absolute atomic E-state index is 0. The van der Waals surface area contributed by atoms with Gasteiger partial charge >= 0.3 is 30.8 Å². The largest absolute Gasteiger partial charge is 1.00 e. The van der Waals surface area contributed by atoms with Crippen LogP contribution in [0.15, 0.2) is 42.5 Å². The second kappa shape index (κ2) is 13.1. The molecule has 1 atom stereocenters. The molecule has 0 aliphatic rings. The van der Waals surface area contributed by atoms with E-state index >= 15 is 0 Å². The molecule has 1 heterocycles. The summed E-state index contributed by atoms with van der Waals surface area (Å²) in [6.45, 7) is 4.77. The maximum absolute atomic E-state index is 13.5. The zero-order valence-electron chi connectivity index (χ0n) is 21.6. The summed E-state index contributed by atoms with van der Waals surface area (Å²) in [4.78, 5) is 45.3. The molecule has 12 heteroatoms. The van der Waals surface area contributed by atoms with Crippen molar-refractivity contribution in [2.45, 2.75) is 39.9 Å². The van der Waals surface area contributed by atoms with Crippen LogP contribution in [0.25, 0.3) is 5.32 Å². The molecule has 4 N–H and O–H groups in total. The molecule has 38 heavy (non-hydrogen) atoms. The minimum Gasteiger partial charge on any atom is -0.644 e. The average molecular weight is 515 g/mol. The van der Waals surface area contributed by atoms with E-state index in [0.717, 1.165) is 0 Å². The molecule has 1 aromatic heterocycles. The van der Waals surface area contributed by atoms with Gasteiger partial charge in [0.15, 0.2) is 0 Å². The van der Waals surface area contributed by atoms with Crippen LogP contribution >= 0.6 is 0 Å². The maximum atomic E-state index is 13.5. The first-order valence-electron chi connectivity index (χ1n) is 11.3. The van der Waals surface area contributed by atoms with E-state index in [9.17, 15) is 29.0 Å². The first-order chi connectivity index (χ1) is 17.4. The number of aromatic nitrogens is 2. The van der Waals surface area contributed by atoms with Crippen LogP contribution in [0.5, 0.6) is 0 Å². The fourth-order valence-corrected chi connectivity index (χ4v) is 3.87. The molecular weight excluding hydrogens is 488 g/mol. The Hall–Kier alpha value is -3.78. The van der Waals surface area contributed by atoms with Crippen LogP contribution in [0.2, 0.25) is 0 Å². The Morgan fingerprint density at radius 1 is 1.05 bits per heavy atom. The molecule has 3 aromatic rings. The number of carboxylic acid groups (broad SMARTS) is 2. The van der Waals surface area contributed by atoms with Gasteiger partial charge in [0.05, 0.1) is 23.5 Å². The van der Waals surface area contributed by atoms with Gasteiger partial charge in [-0.15, -0.1) is 6.54 Å². The van der Waals surface area contributed by atoms with Crippen molar-refractivity contribution in [2.24, 2.45) is 0 Å². The summed E-state index contributed by atoms with van der Waals surface area (Å²) in [5.41, 5.74) is 8.60. The van der Waals surface area contributed by atoms with Crippen LogP contribution in [0.4, 0.5) is 10.3 Å². The second-order valence-electron chi connectivity index (χ2n) is 8.66. The van der Waals surface area contributed by atoms with E-state index in [0.29, 0.717) is 27.9 Å². The number of anilines is 1. The number of rotatable bonds is 10. The van der Waals surface area contributed by atoms with Crippen LogP contribution < -0.4 is 24.6 Å². The van der Waals surface area contributed by atoms with Gasteiger partial charge in [-0.3, -0.25) is 9.69 Å². The SMILES string of the molecule is Cc1cc(C[N-]C(=O)c2cc(CN(CC(=O)O)[C@@H](C)c3ccc(C(=O)O)c(C)c3)nc(N)n2)ccc1F.[Li+]. The van der Waals surface area contributed by atoms with E-state index in [1.165, 1.54) is 24.3 Å². The monoisotopic (exact) mass is 515 g/mol. The summed E-state index contributed by atoms with van der Waals surface area (Å²) < 4.78 is 13.5. The van der Waals surface area contributed by atoms with Gasteiger partial charge in [0.25, 0.3) is 0 Å². The van der Waals surface area contributed by atoms with Gasteiger partial charge in [-0.05, 0) is 55.7 Å². The number of carboxylic acids is 2. The molecule has 0 aliphatic carbocycles. The normalized spacial score (nSPS) is 11.5. The van der Waals surface area contributed by atoms with E-state index in [1.807, 2.05) is 0 Å². The number of aryl methyl sites for hydroxylation is 2. The molecule has 0 spiro atoms. The van der Waals surface area contributed by atoms with Gasteiger partial charge in [0.2, 0.25) is 5.95 Å². The molecule has 0 radical (unpaired) electrons. The van der Waals surface area contributed by atoms with Crippen molar-refractivity contribution in [2.75, 3.05) is 12.3 Å². The Labute approximate surface area is 231 Å². The van der Waals surface area contributed by atoms with E-state index in [2.05, 4.69) is 15.3 Å². The number of aliphatic carboxylic acids is 1. The van der Waals surface area contributed by atoms with E-state index in [1.54, 1.807) is 43.9 Å². The van der Waals surface area contributed by atoms with Crippen LogP contribution in [0, 0.1) is 19.7 Å². The number of nitrogen functional groups attached to an aromatic ring is 1. The summed E-state index contributed by atoms with van der Waals surface area (Å²) in [7, 11) is 0. The van der Waals surface area contributed by atoms with Crippen LogP contribution in [0.3, 0.4) is 0 Å². The smallest absolute Gasteiger partial charge is 0.644 e. The first kappa shape index (κ1) is 30.4. The number of hydrogen-bond donors (Lipinski definition) is 3. The van der Waals surface area contributed by atoms with Crippen molar-refractivity contribution in [3.63, 3.8) is 0 Å². The molecule has 1 amide bonds. The van der Waals surface area contributed by atoms with Gasteiger partial charge in [0.1, 0.15) is 11.7 Å².